The summed E-state index contributed by atoms with van der Waals surface area (Å²) >= 11 is 0. The highest BCUT2D eigenvalue weighted by Crippen LogP contribution is 2.20. The van der Waals surface area contributed by atoms with Crippen molar-refractivity contribution in [1.82, 2.24) is 0 Å². The van der Waals surface area contributed by atoms with E-state index in [1.807, 2.05) is 6.08 Å². The van der Waals surface area contributed by atoms with Crippen molar-refractivity contribution in [3.05, 3.63) is 41.5 Å². The maximum atomic E-state index is 8.78. The second kappa shape index (κ2) is 4.85. The van der Waals surface area contributed by atoms with E-state index < -0.39 is 0 Å². The topological polar surface area (TPSA) is 27.0 Å². The molecule has 0 saturated heterocycles. The lowest BCUT2D eigenvalue weighted by molar-refractivity contribution is 0.802. The molecule has 82 valence electrons. The minimum atomic E-state index is 0.856. The van der Waals surface area contributed by atoms with Crippen molar-refractivity contribution < 1.29 is 0 Å². The summed E-state index contributed by atoms with van der Waals surface area (Å²) < 4.78 is 0. The fourth-order valence-electron chi connectivity index (χ4n) is 1.95. The standard InChI is InChI=1S/C14H16N2/c1-2-12-3-5-14(6-4-12)16-9-7-13(11-15)8-10-16/h3-7H,2,8-10H2,1H3. The molecule has 0 unspecified atom stereocenters. The van der Waals surface area contributed by atoms with Crippen LogP contribution in [0.2, 0.25) is 0 Å². The molecule has 0 amide bonds. The van der Waals surface area contributed by atoms with E-state index in [4.69, 9.17) is 5.26 Å². The maximum Gasteiger partial charge on any atom is 0.0945 e. The highest BCUT2D eigenvalue weighted by atomic mass is 15.1. The molecule has 0 fully saturated rings. The lowest BCUT2D eigenvalue weighted by atomic mass is 10.1. The Balaban J connectivity index is 2.09. The Kier molecular flexibility index (Phi) is 3.26. The number of anilines is 1. The fourth-order valence-corrected chi connectivity index (χ4v) is 1.95. The molecular formula is C14H16N2. The summed E-state index contributed by atoms with van der Waals surface area (Å²) in [5.74, 6) is 0. The van der Waals surface area contributed by atoms with Crippen molar-refractivity contribution in [2.24, 2.45) is 0 Å². The van der Waals surface area contributed by atoms with E-state index in [9.17, 15) is 0 Å². The average molecular weight is 212 g/mol. The zero-order valence-electron chi connectivity index (χ0n) is 9.61. The summed E-state index contributed by atoms with van der Waals surface area (Å²) in [4.78, 5) is 2.31. The molecule has 2 nitrogen and oxygen atoms in total. The van der Waals surface area contributed by atoms with Crippen LogP contribution in [0.25, 0.3) is 0 Å². The third-order valence-electron chi connectivity index (χ3n) is 3.06. The zero-order chi connectivity index (χ0) is 11.4. The van der Waals surface area contributed by atoms with Crippen molar-refractivity contribution in [3.8, 4) is 6.07 Å². The van der Waals surface area contributed by atoms with Gasteiger partial charge in [-0.3, -0.25) is 0 Å². The lowest BCUT2D eigenvalue weighted by Gasteiger charge is -2.26. The van der Waals surface area contributed by atoms with Crippen LogP contribution in [0.3, 0.4) is 0 Å². The minimum Gasteiger partial charge on any atom is -0.367 e. The van der Waals surface area contributed by atoms with Gasteiger partial charge in [0.1, 0.15) is 0 Å². The van der Waals surface area contributed by atoms with Crippen LogP contribution in [0.15, 0.2) is 35.9 Å². The Morgan fingerprint density at radius 2 is 2.06 bits per heavy atom. The molecule has 0 atom stereocenters. The molecule has 0 N–H and O–H groups in total. The molecule has 1 heterocycles. The van der Waals surface area contributed by atoms with Crippen molar-refractivity contribution in [1.29, 1.82) is 5.26 Å². The van der Waals surface area contributed by atoms with E-state index >= 15 is 0 Å². The van der Waals surface area contributed by atoms with Crippen LogP contribution in [-0.4, -0.2) is 13.1 Å². The van der Waals surface area contributed by atoms with E-state index in [2.05, 4.69) is 42.2 Å². The molecule has 1 aromatic rings. The van der Waals surface area contributed by atoms with Gasteiger partial charge in [0.25, 0.3) is 0 Å². The molecule has 2 rings (SSSR count). The van der Waals surface area contributed by atoms with Gasteiger partial charge in [0.05, 0.1) is 6.07 Å². The summed E-state index contributed by atoms with van der Waals surface area (Å²) in [6.45, 7) is 3.97. The summed E-state index contributed by atoms with van der Waals surface area (Å²) in [5, 5.41) is 8.78. The first-order chi connectivity index (χ1) is 7.83. The van der Waals surface area contributed by atoms with Gasteiger partial charge >= 0.3 is 0 Å². The second-order valence-electron chi connectivity index (χ2n) is 4.06. The number of benzene rings is 1. The highest BCUT2D eigenvalue weighted by molar-refractivity contribution is 5.50. The molecule has 0 saturated carbocycles. The second-order valence-corrected chi connectivity index (χ2v) is 4.06. The molecule has 2 heteroatoms. The molecule has 0 radical (unpaired) electrons. The monoisotopic (exact) mass is 212 g/mol. The number of aryl methyl sites for hydroxylation is 1. The van der Waals surface area contributed by atoms with Gasteiger partial charge in [-0.1, -0.05) is 25.1 Å². The Bertz CT molecular complexity index is 423. The van der Waals surface area contributed by atoms with E-state index in [1.165, 1.54) is 11.3 Å². The van der Waals surface area contributed by atoms with Crippen LogP contribution < -0.4 is 4.90 Å². The maximum absolute atomic E-state index is 8.78. The molecule has 0 aromatic heterocycles. The first-order valence-corrected chi connectivity index (χ1v) is 5.76. The Morgan fingerprint density at radius 3 is 2.56 bits per heavy atom. The molecule has 1 aliphatic rings. The number of nitriles is 1. The number of nitrogens with zero attached hydrogens (tertiary/aromatic N) is 2. The van der Waals surface area contributed by atoms with Crippen molar-refractivity contribution >= 4 is 5.69 Å². The molecule has 0 spiro atoms. The zero-order valence-corrected chi connectivity index (χ0v) is 9.61. The van der Waals surface area contributed by atoms with Gasteiger partial charge in [0.2, 0.25) is 0 Å². The van der Waals surface area contributed by atoms with Crippen molar-refractivity contribution in [2.45, 2.75) is 19.8 Å². The Morgan fingerprint density at radius 1 is 1.31 bits per heavy atom. The summed E-state index contributed by atoms with van der Waals surface area (Å²) in [7, 11) is 0. The summed E-state index contributed by atoms with van der Waals surface area (Å²) in [5.41, 5.74) is 3.54. The fraction of sp³-hybridized carbons (Fsp3) is 0.357. The third-order valence-corrected chi connectivity index (χ3v) is 3.06. The molecular weight excluding hydrogens is 196 g/mol. The first-order valence-electron chi connectivity index (χ1n) is 5.76. The number of hydrogen-bond acceptors (Lipinski definition) is 2. The summed E-state index contributed by atoms with van der Waals surface area (Å²) in [6.07, 6.45) is 3.97. The quantitative estimate of drug-likeness (QED) is 0.753. The van der Waals surface area contributed by atoms with E-state index in [0.717, 1.165) is 31.5 Å². The minimum absolute atomic E-state index is 0.856. The van der Waals surface area contributed by atoms with Crippen LogP contribution in [0, 0.1) is 11.3 Å². The Labute approximate surface area is 96.8 Å². The number of rotatable bonds is 2. The van der Waals surface area contributed by atoms with Gasteiger partial charge in [0.15, 0.2) is 0 Å². The predicted molar refractivity (Wildman–Crippen MR) is 66.3 cm³/mol. The molecule has 0 aliphatic carbocycles. The molecule has 1 aliphatic heterocycles. The van der Waals surface area contributed by atoms with Gasteiger partial charge in [-0.25, -0.2) is 0 Å². The van der Waals surface area contributed by atoms with Gasteiger partial charge in [0, 0.05) is 24.4 Å². The van der Waals surface area contributed by atoms with Crippen molar-refractivity contribution in [3.63, 3.8) is 0 Å². The average Bonchev–Trinajstić information content (AvgIpc) is 2.39. The van der Waals surface area contributed by atoms with Crippen LogP contribution in [-0.2, 0) is 6.42 Å². The van der Waals surface area contributed by atoms with Gasteiger partial charge in [-0.05, 0) is 30.5 Å². The highest BCUT2D eigenvalue weighted by Gasteiger charge is 2.11. The SMILES string of the molecule is CCc1ccc(N2CC=C(C#N)CC2)cc1. The van der Waals surface area contributed by atoms with Crippen LogP contribution in [0.1, 0.15) is 18.9 Å². The lowest BCUT2D eigenvalue weighted by Crippen LogP contribution is -2.28. The normalized spacial score (nSPS) is 15.5. The van der Waals surface area contributed by atoms with Gasteiger partial charge in [-0.15, -0.1) is 0 Å². The van der Waals surface area contributed by atoms with Crippen molar-refractivity contribution in [2.75, 3.05) is 18.0 Å². The largest absolute Gasteiger partial charge is 0.367 e. The summed E-state index contributed by atoms with van der Waals surface area (Å²) in [6, 6.07) is 10.9. The van der Waals surface area contributed by atoms with Crippen LogP contribution in [0.4, 0.5) is 5.69 Å². The van der Waals surface area contributed by atoms with Gasteiger partial charge < -0.3 is 4.90 Å². The number of hydrogen-bond donors (Lipinski definition) is 0. The first kappa shape index (κ1) is 10.8. The van der Waals surface area contributed by atoms with E-state index in [-0.39, 0.29) is 0 Å². The van der Waals surface area contributed by atoms with E-state index in [1.54, 1.807) is 0 Å². The third kappa shape index (κ3) is 2.25. The molecule has 0 bridgehead atoms. The molecule has 16 heavy (non-hydrogen) atoms. The predicted octanol–water partition coefficient (Wildman–Crippen LogP) is 2.91. The van der Waals surface area contributed by atoms with Crippen LogP contribution in [0.5, 0.6) is 0 Å². The van der Waals surface area contributed by atoms with E-state index in [0.29, 0.717) is 0 Å². The molecule has 1 aromatic carbocycles. The van der Waals surface area contributed by atoms with Crippen LogP contribution >= 0.6 is 0 Å². The smallest absolute Gasteiger partial charge is 0.0945 e. The van der Waals surface area contributed by atoms with Gasteiger partial charge in [-0.2, -0.15) is 5.26 Å². The Hall–Kier alpha value is -1.75.